The van der Waals surface area contributed by atoms with Gasteiger partial charge in [0.15, 0.2) is 5.69 Å². The predicted molar refractivity (Wildman–Crippen MR) is 78.3 cm³/mol. The summed E-state index contributed by atoms with van der Waals surface area (Å²) in [6.45, 7) is 0.581. The van der Waals surface area contributed by atoms with Gasteiger partial charge in [0, 0.05) is 16.4 Å². The lowest BCUT2D eigenvalue weighted by atomic mass is 10.2. The molecule has 0 atom stereocenters. The zero-order valence-electron chi connectivity index (χ0n) is 10.9. The minimum absolute atomic E-state index is 0.0340. The largest absolute Gasteiger partial charge is 0.493 e. The zero-order chi connectivity index (χ0) is 15.0. The van der Waals surface area contributed by atoms with E-state index in [0.717, 1.165) is 12.8 Å². The topological polar surface area (TPSA) is 89.8 Å². The van der Waals surface area contributed by atoms with E-state index in [1.807, 2.05) is 0 Å². The lowest BCUT2D eigenvalue weighted by molar-refractivity contribution is 0.247. The molecule has 0 unspecified atom stereocenters. The highest BCUT2D eigenvalue weighted by atomic mass is 79.9. The lowest BCUT2D eigenvalue weighted by Gasteiger charge is -1.97. The summed E-state index contributed by atoms with van der Waals surface area (Å²) in [6, 6.07) is 1.90. The summed E-state index contributed by atoms with van der Waals surface area (Å²) in [4.78, 5) is 14.2. The van der Waals surface area contributed by atoms with E-state index < -0.39 is 11.8 Å². The van der Waals surface area contributed by atoms with Gasteiger partial charge >= 0.3 is 6.03 Å². The third-order valence-corrected chi connectivity index (χ3v) is 3.88. The van der Waals surface area contributed by atoms with E-state index in [1.165, 1.54) is 12.1 Å². The lowest BCUT2D eigenvalue weighted by Crippen LogP contribution is -2.21. The van der Waals surface area contributed by atoms with Gasteiger partial charge in [0.05, 0.1) is 5.52 Å². The van der Waals surface area contributed by atoms with Gasteiger partial charge in [-0.05, 0) is 46.8 Å². The summed E-state index contributed by atoms with van der Waals surface area (Å²) in [5.74, 6) is -0.214. The third-order valence-electron chi connectivity index (χ3n) is 3.26. The average molecular weight is 355 g/mol. The van der Waals surface area contributed by atoms with Crippen molar-refractivity contribution in [2.45, 2.75) is 12.8 Å². The van der Waals surface area contributed by atoms with Crippen molar-refractivity contribution < 1.29 is 14.3 Å². The number of carbonyl (C=O) groups excluding carboxylic acids is 1. The van der Waals surface area contributed by atoms with Crippen LogP contribution in [0.3, 0.4) is 0 Å². The third kappa shape index (κ3) is 3.05. The monoisotopic (exact) mass is 354 g/mol. The van der Waals surface area contributed by atoms with Gasteiger partial charge < -0.3 is 15.4 Å². The molecular formula is C13H12BrFN4O2. The molecule has 21 heavy (non-hydrogen) atoms. The first kappa shape index (κ1) is 14.0. The highest BCUT2D eigenvalue weighted by Gasteiger charge is 2.21. The van der Waals surface area contributed by atoms with E-state index >= 15 is 0 Å². The second-order valence-electron chi connectivity index (χ2n) is 4.96. The maximum Gasteiger partial charge on any atom is 0.359 e. The van der Waals surface area contributed by atoms with Crippen LogP contribution in [0.2, 0.25) is 0 Å². The summed E-state index contributed by atoms with van der Waals surface area (Å²) in [5.41, 5.74) is 0.521. The normalized spacial score (nSPS) is 15.0. The number of aromatic hydroxyl groups is 1. The molecular weight excluding hydrogens is 343 g/mol. The van der Waals surface area contributed by atoms with E-state index in [9.17, 15) is 14.3 Å². The molecule has 2 aromatic rings. The number of benzene rings is 1. The summed E-state index contributed by atoms with van der Waals surface area (Å²) in [5, 5.41) is 20.0. The number of nitrogens with one attached hydrogen (secondary N) is 2. The summed E-state index contributed by atoms with van der Waals surface area (Å²) in [6.07, 6.45) is 2.24. The standard InChI is InChI=1S/C13H12BrFN4O2/c14-9-4-7(15)3-8-10(9)17-12(20)11(8)18-19-13(21)16-5-6-1-2-6/h3-4,6,17,20H,1-2,5H2,(H,16,21). The molecule has 0 radical (unpaired) electrons. The Kier molecular flexibility index (Phi) is 3.62. The number of amides is 2. The summed E-state index contributed by atoms with van der Waals surface area (Å²) in [7, 11) is 0. The van der Waals surface area contributed by atoms with Gasteiger partial charge in [0.2, 0.25) is 5.88 Å². The molecule has 2 amide bonds. The molecule has 1 fully saturated rings. The predicted octanol–water partition coefficient (Wildman–Crippen LogP) is 3.98. The maximum absolute atomic E-state index is 13.4. The summed E-state index contributed by atoms with van der Waals surface area (Å²) < 4.78 is 13.9. The molecule has 1 saturated carbocycles. The average Bonchev–Trinajstić information content (AvgIpc) is 3.19. The number of carbonyl (C=O) groups is 1. The number of hydrogen-bond donors (Lipinski definition) is 3. The Hall–Kier alpha value is -1.96. The Labute approximate surface area is 127 Å². The van der Waals surface area contributed by atoms with Crippen LogP contribution in [0.1, 0.15) is 12.8 Å². The van der Waals surface area contributed by atoms with Crippen molar-refractivity contribution in [3.05, 3.63) is 22.4 Å². The van der Waals surface area contributed by atoms with Gasteiger partial charge in [0.1, 0.15) is 5.82 Å². The molecule has 8 heteroatoms. The molecule has 0 bridgehead atoms. The first-order valence-electron chi connectivity index (χ1n) is 6.44. The Morgan fingerprint density at radius 2 is 2.29 bits per heavy atom. The van der Waals surface area contributed by atoms with Crippen molar-refractivity contribution in [2.24, 2.45) is 16.1 Å². The van der Waals surface area contributed by atoms with Gasteiger partial charge in [-0.2, -0.15) is 0 Å². The fraction of sp³-hybridized carbons (Fsp3) is 0.308. The molecule has 110 valence electrons. The van der Waals surface area contributed by atoms with Crippen molar-refractivity contribution in [1.29, 1.82) is 0 Å². The van der Waals surface area contributed by atoms with Crippen molar-refractivity contribution in [3.8, 4) is 5.88 Å². The van der Waals surface area contributed by atoms with Crippen LogP contribution < -0.4 is 5.32 Å². The van der Waals surface area contributed by atoms with E-state index in [0.29, 0.717) is 27.8 Å². The summed E-state index contributed by atoms with van der Waals surface area (Å²) >= 11 is 3.19. The number of azo groups is 1. The number of fused-ring (bicyclic) bond motifs is 1. The van der Waals surface area contributed by atoms with Crippen molar-refractivity contribution in [2.75, 3.05) is 6.54 Å². The van der Waals surface area contributed by atoms with Gasteiger partial charge in [-0.1, -0.05) is 5.11 Å². The number of rotatable bonds is 3. The second kappa shape index (κ2) is 5.44. The van der Waals surface area contributed by atoms with Crippen LogP contribution in [0.4, 0.5) is 14.9 Å². The molecule has 1 aromatic carbocycles. The minimum Gasteiger partial charge on any atom is -0.493 e. The molecule has 3 rings (SSSR count). The molecule has 0 spiro atoms. The van der Waals surface area contributed by atoms with E-state index in [2.05, 4.69) is 36.5 Å². The highest BCUT2D eigenvalue weighted by Crippen LogP contribution is 2.39. The number of urea groups is 1. The number of hydrogen-bond acceptors (Lipinski definition) is 3. The van der Waals surface area contributed by atoms with Gasteiger partial charge in [-0.15, -0.1) is 5.11 Å². The van der Waals surface area contributed by atoms with E-state index in [-0.39, 0.29) is 11.6 Å². The van der Waals surface area contributed by atoms with Crippen LogP contribution in [0.5, 0.6) is 5.88 Å². The van der Waals surface area contributed by atoms with Gasteiger partial charge in [0.25, 0.3) is 0 Å². The van der Waals surface area contributed by atoms with Crippen LogP contribution in [0.15, 0.2) is 26.8 Å². The van der Waals surface area contributed by atoms with Crippen molar-refractivity contribution >= 4 is 38.6 Å². The smallest absolute Gasteiger partial charge is 0.359 e. The molecule has 6 nitrogen and oxygen atoms in total. The Morgan fingerprint density at radius 1 is 1.52 bits per heavy atom. The van der Waals surface area contributed by atoms with Crippen LogP contribution in [0, 0.1) is 11.7 Å². The number of H-pyrrole nitrogens is 1. The fourth-order valence-electron chi connectivity index (χ4n) is 1.98. The Bertz CT molecular complexity index is 739. The first-order valence-corrected chi connectivity index (χ1v) is 7.23. The van der Waals surface area contributed by atoms with Gasteiger partial charge in [-0.3, -0.25) is 0 Å². The number of halogens is 2. The Balaban J connectivity index is 1.85. The molecule has 1 heterocycles. The SMILES string of the molecule is O=C(N=Nc1c(O)[nH]c2c(Br)cc(F)cc12)NCC1CC1. The Morgan fingerprint density at radius 3 is 3.00 bits per heavy atom. The number of aromatic nitrogens is 1. The minimum atomic E-state index is -0.578. The molecule has 1 aromatic heterocycles. The van der Waals surface area contributed by atoms with Crippen LogP contribution >= 0.6 is 15.9 Å². The first-order chi connectivity index (χ1) is 10.0. The molecule has 0 aliphatic heterocycles. The number of aromatic amines is 1. The highest BCUT2D eigenvalue weighted by molar-refractivity contribution is 9.10. The van der Waals surface area contributed by atoms with Gasteiger partial charge in [-0.25, -0.2) is 9.18 Å². The fourth-order valence-corrected chi connectivity index (χ4v) is 2.51. The van der Waals surface area contributed by atoms with Crippen molar-refractivity contribution in [3.63, 3.8) is 0 Å². The van der Waals surface area contributed by atoms with Crippen LogP contribution in [0.25, 0.3) is 10.9 Å². The molecule has 1 aliphatic carbocycles. The van der Waals surface area contributed by atoms with Crippen molar-refractivity contribution in [1.82, 2.24) is 10.3 Å². The number of nitrogens with zero attached hydrogens (tertiary/aromatic N) is 2. The second-order valence-corrected chi connectivity index (χ2v) is 5.82. The molecule has 3 N–H and O–H groups in total. The zero-order valence-corrected chi connectivity index (χ0v) is 12.4. The molecule has 0 saturated heterocycles. The maximum atomic E-state index is 13.4. The van der Waals surface area contributed by atoms with Crippen LogP contribution in [-0.4, -0.2) is 22.7 Å². The van der Waals surface area contributed by atoms with E-state index in [1.54, 1.807) is 0 Å². The quantitative estimate of drug-likeness (QED) is 0.727. The van der Waals surface area contributed by atoms with E-state index in [4.69, 9.17) is 0 Å². The van der Waals surface area contributed by atoms with Crippen LogP contribution in [-0.2, 0) is 0 Å². The molecule has 1 aliphatic rings.